The minimum Gasteiger partial charge on any atom is -0.357 e. The summed E-state index contributed by atoms with van der Waals surface area (Å²) in [5.74, 6) is 0.986. The molecule has 0 aromatic heterocycles. The molecule has 0 aliphatic heterocycles. The Morgan fingerprint density at radius 3 is 2.30 bits per heavy atom. The fourth-order valence-corrected chi connectivity index (χ4v) is 2.27. The minimum absolute atomic E-state index is 0. The van der Waals surface area contributed by atoms with Crippen molar-refractivity contribution < 1.29 is 8.42 Å². The molecule has 0 heterocycles. The molecule has 0 saturated carbocycles. The van der Waals surface area contributed by atoms with Gasteiger partial charge in [0.05, 0.1) is 5.75 Å². The molecule has 20 heavy (non-hydrogen) atoms. The molecule has 5 nitrogen and oxygen atoms in total. The first-order chi connectivity index (χ1) is 8.99. The van der Waals surface area contributed by atoms with Crippen molar-refractivity contribution in [3.8, 4) is 0 Å². The number of unbranched alkanes of at least 4 members (excludes halogenated alkanes) is 3. The number of nitrogens with zero attached hydrogens (tertiary/aromatic N) is 1. The van der Waals surface area contributed by atoms with Crippen LogP contribution in [0.2, 0.25) is 0 Å². The second-order valence-corrected chi connectivity index (χ2v) is 6.99. The van der Waals surface area contributed by atoms with Gasteiger partial charge in [-0.25, -0.2) is 8.42 Å². The van der Waals surface area contributed by atoms with E-state index < -0.39 is 9.84 Å². The Kier molecular flexibility index (Phi) is 15.5. The van der Waals surface area contributed by atoms with Crippen molar-refractivity contribution in [2.75, 3.05) is 31.6 Å². The number of aliphatic imine (C=N–C) groups is 1. The lowest BCUT2D eigenvalue weighted by molar-refractivity contribution is 0.599. The molecule has 0 unspecified atom stereocenters. The van der Waals surface area contributed by atoms with Crippen LogP contribution in [0, 0.1) is 0 Å². The summed E-state index contributed by atoms with van der Waals surface area (Å²) in [6.07, 6.45) is 6.71. The van der Waals surface area contributed by atoms with Gasteiger partial charge < -0.3 is 10.6 Å². The smallest absolute Gasteiger partial charge is 0.191 e. The Labute approximate surface area is 141 Å². The Bertz CT molecular complexity index is 346. The molecular formula is C13H30IN3O2S. The first-order valence-electron chi connectivity index (χ1n) is 7.19. The zero-order chi connectivity index (χ0) is 14.6. The second-order valence-electron chi connectivity index (χ2n) is 4.73. The molecule has 2 N–H and O–H groups in total. The third-order valence-electron chi connectivity index (χ3n) is 2.61. The first kappa shape index (κ1) is 22.2. The van der Waals surface area contributed by atoms with E-state index in [4.69, 9.17) is 0 Å². The highest BCUT2D eigenvalue weighted by atomic mass is 127. The summed E-state index contributed by atoms with van der Waals surface area (Å²) in [7, 11) is -2.87. The van der Waals surface area contributed by atoms with Crippen LogP contribution in [0.15, 0.2) is 4.99 Å². The van der Waals surface area contributed by atoms with Crippen molar-refractivity contribution in [2.24, 2.45) is 4.99 Å². The molecule has 122 valence electrons. The standard InChI is InChI=1S/C13H29N3O2S.HI/c1-4-6-7-8-10-15-13(14-5-2)16-11-9-12-19(3,17)18;/h4-12H2,1-3H3,(H2,14,15,16);1H. The Morgan fingerprint density at radius 1 is 1.05 bits per heavy atom. The molecule has 0 aromatic carbocycles. The summed E-state index contributed by atoms with van der Waals surface area (Å²) in [5, 5.41) is 6.43. The maximum atomic E-state index is 11.0. The van der Waals surface area contributed by atoms with Gasteiger partial charge in [0.1, 0.15) is 9.84 Å². The molecule has 0 aliphatic carbocycles. The summed E-state index contributed by atoms with van der Waals surface area (Å²) < 4.78 is 22.0. The molecule has 0 radical (unpaired) electrons. The molecular weight excluding hydrogens is 389 g/mol. The fraction of sp³-hybridized carbons (Fsp3) is 0.923. The van der Waals surface area contributed by atoms with Crippen LogP contribution in [-0.4, -0.2) is 46.0 Å². The van der Waals surface area contributed by atoms with Crippen LogP contribution in [0.4, 0.5) is 0 Å². The van der Waals surface area contributed by atoms with Crippen molar-refractivity contribution in [3.05, 3.63) is 0 Å². The molecule has 0 rings (SSSR count). The van der Waals surface area contributed by atoms with Crippen LogP contribution in [0.5, 0.6) is 0 Å². The zero-order valence-electron chi connectivity index (χ0n) is 12.9. The Hall–Kier alpha value is -0.0500. The molecule has 0 atom stereocenters. The molecule has 0 fully saturated rings. The molecule has 0 aliphatic rings. The number of nitrogens with one attached hydrogen (secondary N) is 2. The number of rotatable bonds is 10. The van der Waals surface area contributed by atoms with Crippen molar-refractivity contribution in [2.45, 2.75) is 46.0 Å². The number of guanidine groups is 1. The Balaban J connectivity index is 0. The van der Waals surface area contributed by atoms with Crippen molar-refractivity contribution >= 4 is 39.8 Å². The minimum atomic E-state index is -2.87. The lowest BCUT2D eigenvalue weighted by Gasteiger charge is -2.10. The molecule has 7 heteroatoms. The van der Waals surface area contributed by atoms with Gasteiger partial charge in [0, 0.05) is 25.9 Å². The normalized spacial score (nSPS) is 11.8. The van der Waals surface area contributed by atoms with E-state index in [1.165, 1.54) is 25.5 Å². The van der Waals surface area contributed by atoms with Gasteiger partial charge in [-0.05, 0) is 19.8 Å². The summed E-state index contributed by atoms with van der Waals surface area (Å²) >= 11 is 0. The Morgan fingerprint density at radius 2 is 1.75 bits per heavy atom. The van der Waals surface area contributed by atoms with E-state index in [-0.39, 0.29) is 29.7 Å². The highest BCUT2D eigenvalue weighted by Crippen LogP contribution is 1.97. The average Bonchev–Trinajstić information content (AvgIpc) is 2.33. The predicted molar refractivity (Wildman–Crippen MR) is 97.9 cm³/mol. The first-order valence-corrected chi connectivity index (χ1v) is 9.25. The third kappa shape index (κ3) is 16.0. The lowest BCUT2D eigenvalue weighted by atomic mass is 10.2. The lowest BCUT2D eigenvalue weighted by Crippen LogP contribution is -2.37. The number of hydrogen-bond donors (Lipinski definition) is 2. The van der Waals surface area contributed by atoms with E-state index in [0.29, 0.717) is 13.0 Å². The highest BCUT2D eigenvalue weighted by Gasteiger charge is 2.01. The second kappa shape index (κ2) is 13.9. The van der Waals surface area contributed by atoms with Gasteiger partial charge in [0.2, 0.25) is 0 Å². The molecule has 0 spiro atoms. The van der Waals surface area contributed by atoms with E-state index in [2.05, 4.69) is 22.5 Å². The zero-order valence-corrected chi connectivity index (χ0v) is 16.1. The van der Waals surface area contributed by atoms with Gasteiger partial charge >= 0.3 is 0 Å². The van der Waals surface area contributed by atoms with E-state index in [1.54, 1.807) is 0 Å². The average molecular weight is 419 g/mol. The van der Waals surface area contributed by atoms with Gasteiger partial charge in [0.25, 0.3) is 0 Å². The van der Waals surface area contributed by atoms with Crippen LogP contribution in [-0.2, 0) is 9.84 Å². The largest absolute Gasteiger partial charge is 0.357 e. The van der Waals surface area contributed by atoms with Crippen LogP contribution in [0.1, 0.15) is 46.0 Å². The third-order valence-corrected chi connectivity index (χ3v) is 3.64. The summed E-state index contributed by atoms with van der Waals surface area (Å²) in [5.41, 5.74) is 0. The van der Waals surface area contributed by atoms with Crippen LogP contribution in [0.3, 0.4) is 0 Å². The van der Waals surface area contributed by atoms with Gasteiger partial charge in [-0.1, -0.05) is 26.2 Å². The number of halogens is 1. The number of hydrogen-bond acceptors (Lipinski definition) is 3. The van der Waals surface area contributed by atoms with Gasteiger partial charge in [0.15, 0.2) is 5.96 Å². The van der Waals surface area contributed by atoms with Gasteiger partial charge in [-0.15, -0.1) is 24.0 Å². The molecule has 0 amide bonds. The van der Waals surface area contributed by atoms with E-state index in [0.717, 1.165) is 25.5 Å². The SMILES string of the molecule is CCCCCCNC(=NCCCS(C)(=O)=O)NCC.I. The van der Waals surface area contributed by atoms with E-state index in [1.807, 2.05) is 6.92 Å². The quantitative estimate of drug-likeness (QED) is 0.247. The highest BCUT2D eigenvalue weighted by molar-refractivity contribution is 14.0. The molecule has 0 aromatic rings. The van der Waals surface area contributed by atoms with E-state index >= 15 is 0 Å². The summed E-state index contributed by atoms with van der Waals surface area (Å²) in [6.45, 7) is 6.48. The summed E-state index contributed by atoms with van der Waals surface area (Å²) in [4.78, 5) is 4.36. The molecule has 0 bridgehead atoms. The van der Waals surface area contributed by atoms with E-state index in [9.17, 15) is 8.42 Å². The number of sulfone groups is 1. The van der Waals surface area contributed by atoms with Crippen molar-refractivity contribution in [1.29, 1.82) is 0 Å². The predicted octanol–water partition coefficient (Wildman–Crippen LogP) is 2.17. The van der Waals surface area contributed by atoms with Crippen molar-refractivity contribution in [1.82, 2.24) is 10.6 Å². The monoisotopic (exact) mass is 419 g/mol. The van der Waals surface area contributed by atoms with Crippen LogP contribution >= 0.6 is 24.0 Å². The van der Waals surface area contributed by atoms with Crippen LogP contribution < -0.4 is 10.6 Å². The topological polar surface area (TPSA) is 70.6 Å². The molecule has 0 saturated heterocycles. The summed E-state index contributed by atoms with van der Waals surface area (Å²) in [6, 6.07) is 0. The maximum absolute atomic E-state index is 11.0. The fourth-order valence-electron chi connectivity index (χ4n) is 1.62. The van der Waals surface area contributed by atoms with Crippen molar-refractivity contribution in [3.63, 3.8) is 0 Å². The van der Waals surface area contributed by atoms with Gasteiger partial charge in [-0.2, -0.15) is 0 Å². The van der Waals surface area contributed by atoms with Gasteiger partial charge in [-0.3, -0.25) is 4.99 Å². The van der Waals surface area contributed by atoms with Crippen LogP contribution in [0.25, 0.3) is 0 Å². The maximum Gasteiger partial charge on any atom is 0.191 e.